The number of guanidine groups is 1. The summed E-state index contributed by atoms with van der Waals surface area (Å²) in [7, 11) is 0. The van der Waals surface area contributed by atoms with Gasteiger partial charge in [0.1, 0.15) is 12.0 Å². The third kappa shape index (κ3) is 5.01. The fraction of sp³-hybridized carbons (Fsp3) is 0.474. The van der Waals surface area contributed by atoms with E-state index in [9.17, 15) is 0 Å². The van der Waals surface area contributed by atoms with Gasteiger partial charge in [-0.25, -0.2) is 9.98 Å². The van der Waals surface area contributed by atoms with Crippen LogP contribution in [0, 0.1) is 0 Å². The van der Waals surface area contributed by atoms with Crippen LogP contribution in [-0.2, 0) is 6.54 Å². The van der Waals surface area contributed by atoms with Crippen molar-refractivity contribution in [2.75, 3.05) is 12.8 Å². The summed E-state index contributed by atoms with van der Waals surface area (Å²) in [5, 5.41) is 7.65. The van der Waals surface area contributed by atoms with E-state index in [2.05, 4.69) is 33.8 Å². The summed E-state index contributed by atoms with van der Waals surface area (Å²) in [5.41, 5.74) is 1.82. The molecule has 1 aliphatic rings. The number of thioether (sulfide) groups is 1. The molecule has 0 amide bonds. The Labute approximate surface area is 153 Å². The van der Waals surface area contributed by atoms with Crippen LogP contribution in [0.5, 0.6) is 0 Å². The SMILES string of the molecule is CCNC(=NCc1coc(-c2ccccc2)n1)NC1CCC(SC)C1. The van der Waals surface area contributed by atoms with E-state index in [1.165, 1.54) is 19.3 Å². The van der Waals surface area contributed by atoms with Crippen LogP contribution in [0.25, 0.3) is 11.5 Å². The van der Waals surface area contributed by atoms with Crippen LogP contribution < -0.4 is 10.6 Å². The molecule has 2 aromatic rings. The van der Waals surface area contributed by atoms with E-state index in [1.54, 1.807) is 6.26 Å². The smallest absolute Gasteiger partial charge is 0.226 e. The number of hydrogen-bond donors (Lipinski definition) is 2. The first kappa shape index (κ1) is 17.9. The lowest BCUT2D eigenvalue weighted by molar-refractivity contribution is 0.572. The third-order valence-corrected chi connectivity index (χ3v) is 5.47. The highest BCUT2D eigenvalue weighted by Gasteiger charge is 2.24. The van der Waals surface area contributed by atoms with Gasteiger partial charge in [0.05, 0.1) is 6.54 Å². The number of aliphatic imine (C=N–C) groups is 1. The maximum absolute atomic E-state index is 5.58. The lowest BCUT2D eigenvalue weighted by Gasteiger charge is -2.17. The Morgan fingerprint density at radius 2 is 2.16 bits per heavy atom. The van der Waals surface area contributed by atoms with Crippen molar-refractivity contribution in [2.24, 2.45) is 4.99 Å². The topological polar surface area (TPSA) is 62.5 Å². The standard InChI is InChI=1S/C19H26N4OS/c1-3-20-19(23-15-9-10-17(11-15)25-2)21-12-16-13-24-18(22-16)14-7-5-4-6-8-14/h4-8,13,15,17H,3,9-12H2,1-2H3,(H2,20,21,23). The van der Waals surface area contributed by atoms with Crippen molar-refractivity contribution in [3.63, 3.8) is 0 Å². The summed E-state index contributed by atoms with van der Waals surface area (Å²) >= 11 is 1.96. The largest absolute Gasteiger partial charge is 0.444 e. The molecule has 2 unspecified atom stereocenters. The lowest BCUT2D eigenvalue weighted by atomic mass is 10.2. The van der Waals surface area contributed by atoms with Crippen molar-refractivity contribution in [3.05, 3.63) is 42.3 Å². The molecule has 6 heteroatoms. The molecule has 3 rings (SSSR count). The Kier molecular flexibility index (Phi) is 6.39. The van der Waals surface area contributed by atoms with Crippen LogP contribution in [-0.4, -0.2) is 35.0 Å². The van der Waals surface area contributed by atoms with Crippen molar-refractivity contribution >= 4 is 17.7 Å². The van der Waals surface area contributed by atoms with Gasteiger partial charge >= 0.3 is 0 Å². The van der Waals surface area contributed by atoms with Crippen molar-refractivity contribution in [1.29, 1.82) is 0 Å². The average molecular weight is 359 g/mol. The molecule has 1 heterocycles. The fourth-order valence-electron chi connectivity index (χ4n) is 3.05. The molecule has 0 aliphatic heterocycles. The highest BCUT2D eigenvalue weighted by atomic mass is 32.2. The number of oxazole rings is 1. The maximum atomic E-state index is 5.58. The summed E-state index contributed by atoms with van der Waals surface area (Å²) in [6, 6.07) is 10.4. The number of hydrogen-bond acceptors (Lipinski definition) is 4. The van der Waals surface area contributed by atoms with Crippen LogP contribution >= 0.6 is 11.8 Å². The molecule has 134 valence electrons. The summed E-state index contributed by atoms with van der Waals surface area (Å²) in [6.45, 7) is 3.43. The Hall–Kier alpha value is -1.95. The van der Waals surface area contributed by atoms with Gasteiger partial charge in [-0.2, -0.15) is 11.8 Å². The van der Waals surface area contributed by atoms with Crippen LogP contribution in [0.1, 0.15) is 31.9 Å². The Morgan fingerprint density at radius 3 is 2.88 bits per heavy atom. The molecule has 0 spiro atoms. The summed E-state index contributed by atoms with van der Waals surface area (Å²) in [5.74, 6) is 1.50. The molecule has 0 radical (unpaired) electrons. The summed E-state index contributed by atoms with van der Waals surface area (Å²) < 4.78 is 5.58. The molecule has 2 N–H and O–H groups in total. The molecule has 1 saturated carbocycles. The van der Waals surface area contributed by atoms with Crippen LogP contribution in [0.2, 0.25) is 0 Å². The summed E-state index contributed by atoms with van der Waals surface area (Å²) in [6.07, 6.45) is 7.57. The number of rotatable bonds is 6. The first-order valence-electron chi connectivity index (χ1n) is 8.86. The van der Waals surface area contributed by atoms with Gasteiger partial charge < -0.3 is 15.1 Å². The van der Waals surface area contributed by atoms with Gasteiger partial charge in [-0.1, -0.05) is 18.2 Å². The molecule has 25 heavy (non-hydrogen) atoms. The van der Waals surface area contributed by atoms with E-state index in [0.717, 1.165) is 29.0 Å². The van der Waals surface area contributed by atoms with Gasteiger partial charge in [0.25, 0.3) is 0 Å². The van der Waals surface area contributed by atoms with Crippen LogP contribution in [0.15, 0.2) is 46.0 Å². The summed E-state index contributed by atoms with van der Waals surface area (Å²) in [4.78, 5) is 9.21. The van der Waals surface area contributed by atoms with Gasteiger partial charge in [0, 0.05) is 23.4 Å². The van der Waals surface area contributed by atoms with E-state index in [4.69, 9.17) is 4.42 Å². The zero-order valence-electron chi connectivity index (χ0n) is 14.9. The van der Waals surface area contributed by atoms with Crippen molar-refractivity contribution < 1.29 is 4.42 Å². The van der Waals surface area contributed by atoms with E-state index < -0.39 is 0 Å². The monoisotopic (exact) mass is 358 g/mol. The van der Waals surface area contributed by atoms with Gasteiger partial charge in [-0.3, -0.25) is 0 Å². The number of aromatic nitrogens is 1. The number of nitrogens with one attached hydrogen (secondary N) is 2. The molecule has 2 atom stereocenters. The van der Waals surface area contributed by atoms with E-state index >= 15 is 0 Å². The van der Waals surface area contributed by atoms with Crippen LogP contribution in [0.3, 0.4) is 0 Å². The average Bonchev–Trinajstić information content (AvgIpc) is 3.30. The predicted octanol–water partition coefficient (Wildman–Crippen LogP) is 3.68. The highest BCUT2D eigenvalue weighted by Crippen LogP contribution is 2.28. The van der Waals surface area contributed by atoms with Gasteiger partial charge in [0.15, 0.2) is 5.96 Å². The number of nitrogens with zero attached hydrogens (tertiary/aromatic N) is 2. The molecule has 1 fully saturated rings. The molecule has 0 bridgehead atoms. The van der Waals surface area contributed by atoms with E-state index in [0.29, 0.717) is 18.5 Å². The zero-order chi connectivity index (χ0) is 17.5. The van der Waals surface area contributed by atoms with Gasteiger partial charge in [-0.15, -0.1) is 0 Å². The van der Waals surface area contributed by atoms with Gasteiger partial charge in [0.2, 0.25) is 5.89 Å². The Bertz CT molecular complexity index is 686. The molecular weight excluding hydrogens is 332 g/mol. The molecule has 5 nitrogen and oxygen atoms in total. The first-order valence-corrected chi connectivity index (χ1v) is 10.1. The van der Waals surface area contributed by atoms with E-state index in [-0.39, 0.29) is 0 Å². The minimum atomic E-state index is 0.504. The molecule has 1 aromatic heterocycles. The van der Waals surface area contributed by atoms with Crippen molar-refractivity contribution in [1.82, 2.24) is 15.6 Å². The fourth-order valence-corrected chi connectivity index (χ4v) is 3.85. The predicted molar refractivity (Wildman–Crippen MR) is 105 cm³/mol. The zero-order valence-corrected chi connectivity index (χ0v) is 15.7. The second-order valence-corrected chi connectivity index (χ2v) is 7.36. The quantitative estimate of drug-likeness (QED) is 0.609. The Morgan fingerprint density at radius 1 is 1.32 bits per heavy atom. The maximum Gasteiger partial charge on any atom is 0.226 e. The first-order chi connectivity index (χ1) is 12.3. The Balaban J connectivity index is 1.61. The molecule has 0 saturated heterocycles. The molecule has 1 aromatic carbocycles. The van der Waals surface area contributed by atoms with Gasteiger partial charge in [-0.05, 0) is 44.6 Å². The normalized spacial score (nSPS) is 20.6. The van der Waals surface area contributed by atoms with Crippen molar-refractivity contribution in [2.45, 2.75) is 44.0 Å². The minimum Gasteiger partial charge on any atom is -0.444 e. The molecule has 1 aliphatic carbocycles. The van der Waals surface area contributed by atoms with E-state index in [1.807, 2.05) is 42.1 Å². The second kappa shape index (κ2) is 8.94. The number of benzene rings is 1. The second-order valence-electron chi connectivity index (χ2n) is 6.22. The molecular formula is C19H26N4OS. The lowest BCUT2D eigenvalue weighted by Crippen LogP contribution is -2.42. The van der Waals surface area contributed by atoms with Crippen LogP contribution in [0.4, 0.5) is 0 Å². The third-order valence-electron chi connectivity index (χ3n) is 4.37. The van der Waals surface area contributed by atoms with Crippen molar-refractivity contribution in [3.8, 4) is 11.5 Å². The minimum absolute atomic E-state index is 0.504. The highest BCUT2D eigenvalue weighted by molar-refractivity contribution is 7.99.